The molecule has 1 atom stereocenters. The summed E-state index contributed by atoms with van der Waals surface area (Å²) in [5, 5.41) is 4.39. The van der Waals surface area contributed by atoms with Crippen molar-refractivity contribution in [1.29, 1.82) is 0 Å². The maximum absolute atomic E-state index is 5.93. The number of rotatable bonds is 7. The number of nitrogens with one attached hydrogen (secondary N) is 1. The van der Waals surface area contributed by atoms with Crippen molar-refractivity contribution in [2.24, 2.45) is 0 Å². The Morgan fingerprint density at radius 3 is 2.48 bits per heavy atom. The van der Waals surface area contributed by atoms with E-state index in [-0.39, 0.29) is 0 Å². The first kappa shape index (κ1) is 23.6. The van der Waals surface area contributed by atoms with Crippen LogP contribution in [0.15, 0.2) is 30.3 Å². The van der Waals surface area contributed by atoms with Gasteiger partial charge in [0, 0.05) is 37.1 Å². The van der Waals surface area contributed by atoms with Crippen LogP contribution >= 0.6 is 12.2 Å². The Balaban J connectivity index is 1.81. The molecule has 4 heteroatoms. The van der Waals surface area contributed by atoms with E-state index in [0.29, 0.717) is 6.04 Å². The summed E-state index contributed by atoms with van der Waals surface area (Å²) in [4.78, 5) is 4.90. The molecule has 1 unspecified atom stereocenters. The van der Waals surface area contributed by atoms with E-state index in [1.165, 1.54) is 59.3 Å². The van der Waals surface area contributed by atoms with Crippen LogP contribution in [0.4, 0.5) is 11.4 Å². The van der Waals surface area contributed by atoms with Gasteiger partial charge in [-0.25, -0.2) is 0 Å². The number of anilines is 2. The first-order valence-electron chi connectivity index (χ1n) is 11.9. The number of benzene rings is 2. The third-order valence-corrected chi connectivity index (χ3v) is 6.83. The molecule has 2 aromatic rings. The van der Waals surface area contributed by atoms with Crippen molar-refractivity contribution in [2.75, 3.05) is 23.3 Å². The van der Waals surface area contributed by atoms with Gasteiger partial charge in [0.15, 0.2) is 5.11 Å². The lowest BCUT2D eigenvalue weighted by atomic mass is 9.98. The largest absolute Gasteiger partial charge is 0.371 e. The van der Waals surface area contributed by atoms with Gasteiger partial charge in [0.1, 0.15) is 0 Å². The quantitative estimate of drug-likeness (QED) is 0.481. The van der Waals surface area contributed by atoms with Gasteiger partial charge in [-0.15, -0.1) is 0 Å². The van der Waals surface area contributed by atoms with Gasteiger partial charge in [-0.1, -0.05) is 43.7 Å². The van der Waals surface area contributed by atoms with Crippen molar-refractivity contribution in [1.82, 2.24) is 4.90 Å². The van der Waals surface area contributed by atoms with Gasteiger partial charge < -0.3 is 15.1 Å². The average molecular weight is 438 g/mol. The van der Waals surface area contributed by atoms with Crippen LogP contribution in [-0.4, -0.2) is 29.1 Å². The van der Waals surface area contributed by atoms with Crippen LogP contribution < -0.4 is 10.2 Å². The fourth-order valence-corrected chi connectivity index (χ4v) is 5.08. The monoisotopic (exact) mass is 437 g/mol. The Bertz CT molecular complexity index is 898. The molecule has 1 aliphatic rings. The third kappa shape index (κ3) is 5.60. The Kier molecular flexibility index (Phi) is 7.99. The molecule has 0 radical (unpaired) electrons. The second-order valence-corrected chi connectivity index (χ2v) is 9.53. The molecule has 1 heterocycles. The first-order chi connectivity index (χ1) is 14.8. The van der Waals surface area contributed by atoms with E-state index in [2.05, 4.69) is 87.0 Å². The number of thiocarbonyl (C=S) groups is 1. The molecule has 0 bridgehead atoms. The van der Waals surface area contributed by atoms with E-state index in [1.807, 2.05) is 0 Å². The highest BCUT2D eigenvalue weighted by Crippen LogP contribution is 2.29. The number of nitrogens with zero attached hydrogens (tertiary/aromatic N) is 2. The summed E-state index contributed by atoms with van der Waals surface area (Å²) in [6.07, 6.45) is 4.68. The maximum Gasteiger partial charge on any atom is 0.173 e. The maximum atomic E-state index is 5.93. The lowest BCUT2D eigenvalue weighted by molar-refractivity contribution is 0.319. The second kappa shape index (κ2) is 10.5. The van der Waals surface area contributed by atoms with Crippen molar-refractivity contribution in [3.05, 3.63) is 58.1 Å². The molecule has 1 N–H and O–H groups in total. The summed E-state index contributed by atoms with van der Waals surface area (Å²) in [6, 6.07) is 11.9. The fraction of sp³-hybridized carbons (Fsp3) is 0.519. The van der Waals surface area contributed by atoms with E-state index in [1.54, 1.807) is 0 Å². The molecule has 0 aliphatic carbocycles. The Morgan fingerprint density at radius 2 is 1.84 bits per heavy atom. The molecule has 0 saturated carbocycles. The second-order valence-electron chi connectivity index (χ2n) is 9.14. The average Bonchev–Trinajstić information content (AvgIpc) is 2.74. The van der Waals surface area contributed by atoms with Crippen molar-refractivity contribution in [2.45, 2.75) is 79.8 Å². The van der Waals surface area contributed by atoms with Crippen LogP contribution in [0.2, 0.25) is 0 Å². The van der Waals surface area contributed by atoms with Crippen molar-refractivity contribution in [3.63, 3.8) is 0 Å². The molecule has 3 nitrogen and oxygen atoms in total. The van der Waals surface area contributed by atoms with Gasteiger partial charge in [0.2, 0.25) is 0 Å². The van der Waals surface area contributed by atoms with Gasteiger partial charge in [-0.3, -0.25) is 0 Å². The number of aryl methyl sites for hydroxylation is 4. The first-order valence-corrected chi connectivity index (χ1v) is 12.3. The lowest BCUT2D eigenvalue weighted by Gasteiger charge is -2.34. The molecule has 1 aliphatic heterocycles. The molecule has 0 spiro atoms. The molecule has 0 amide bonds. The van der Waals surface area contributed by atoms with Crippen LogP contribution in [0, 0.1) is 20.8 Å². The van der Waals surface area contributed by atoms with E-state index in [4.69, 9.17) is 12.2 Å². The summed E-state index contributed by atoms with van der Waals surface area (Å²) < 4.78 is 0. The predicted molar refractivity (Wildman–Crippen MR) is 139 cm³/mol. The highest BCUT2D eigenvalue weighted by molar-refractivity contribution is 7.80. The van der Waals surface area contributed by atoms with Crippen LogP contribution in [0.3, 0.4) is 0 Å². The van der Waals surface area contributed by atoms with Gasteiger partial charge in [-0.05, 0) is 93.9 Å². The van der Waals surface area contributed by atoms with Crippen LogP contribution in [-0.2, 0) is 13.0 Å². The molecule has 0 fully saturated rings. The highest BCUT2D eigenvalue weighted by Gasteiger charge is 2.20. The van der Waals surface area contributed by atoms with Gasteiger partial charge in [0.25, 0.3) is 0 Å². The van der Waals surface area contributed by atoms with E-state index >= 15 is 0 Å². The zero-order chi connectivity index (χ0) is 22.5. The van der Waals surface area contributed by atoms with Crippen molar-refractivity contribution < 1.29 is 0 Å². The molecule has 168 valence electrons. The summed E-state index contributed by atoms with van der Waals surface area (Å²) in [5.74, 6) is 0. The number of hydrogen-bond acceptors (Lipinski definition) is 2. The normalized spacial score (nSPS) is 14.2. The van der Waals surface area contributed by atoms with Crippen LogP contribution in [0.1, 0.15) is 67.9 Å². The minimum Gasteiger partial charge on any atom is -0.371 e. The van der Waals surface area contributed by atoms with Crippen LogP contribution in [0.25, 0.3) is 0 Å². The molecular weight excluding hydrogens is 398 g/mol. The topological polar surface area (TPSA) is 18.5 Å². The Hall–Kier alpha value is -2.07. The number of fused-ring (bicyclic) bond motifs is 1. The Labute approximate surface area is 194 Å². The van der Waals surface area contributed by atoms with E-state index in [9.17, 15) is 0 Å². The van der Waals surface area contributed by atoms with E-state index < -0.39 is 0 Å². The summed E-state index contributed by atoms with van der Waals surface area (Å²) >= 11 is 5.93. The summed E-state index contributed by atoms with van der Waals surface area (Å²) in [7, 11) is 0. The number of hydrogen-bond donors (Lipinski definition) is 1. The summed E-state index contributed by atoms with van der Waals surface area (Å²) in [5.41, 5.74) is 9.19. The zero-order valence-electron chi connectivity index (χ0n) is 20.2. The highest BCUT2D eigenvalue weighted by atomic mass is 32.1. The van der Waals surface area contributed by atoms with Gasteiger partial charge in [0.05, 0.1) is 0 Å². The zero-order valence-corrected chi connectivity index (χ0v) is 21.0. The molecular formula is C27H39N3S. The smallest absolute Gasteiger partial charge is 0.173 e. The molecule has 0 saturated heterocycles. The SMILES string of the molecule is CCCN1CCCc2cc(CN(C(=S)Nc3c(C)cc(C)cc3C)C(C)CC)ccc21. The van der Waals surface area contributed by atoms with Crippen LogP contribution in [0.5, 0.6) is 0 Å². The van der Waals surface area contributed by atoms with Crippen molar-refractivity contribution in [3.8, 4) is 0 Å². The third-order valence-electron chi connectivity index (χ3n) is 6.50. The van der Waals surface area contributed by atoms with Gasteiger partial charge in [-0.2, -0.15) is 0 Å². The van der Waals surface area contributed by atoms with E-state index in [0.717, 1.165) is 30.3 Å². The molecule has 3 rings (SSSR count). The molecule has 31 heavy (non-hydrogen) atoms. The fourth-order valence-electron chi connectivity index (χ4n) is 4.73. The minimum absolute atomic E-state index is 0.374. The predicted octanol–water partition coefficient (Wildman–Crippen LogP) is 6.77. The van der Waals surface area contributed by atoms with Gasteiger partial charge >= 0.3 is 0 Å². The Morgan fingerprint density at radius 1 is 1.13 bits per heavy atom. The summed E-state index contributed by atoms with van der Waals surface area (Å²) in [6.45, 7) is 16.4. The molecule has 0 aromatic heterocycles. The minimum atomic E-state index is 0.374. The molecule has 2 aromatic carbocycles. The van der Waals surface area contributed by atoms with Crippen molar-refractivity contribution >= 4 is 28.7 Å². The lowest BCUT2D eigenvalue weighted by Crippen LogP contribution is -2.40. The standard InChI is InChI=1S/C27H39N3S/c1-7-13-29-14-9-10-24-17-23(11-12-25(24)29)18-30(22(6)8-2)27(31)28-26-20(4)15-19(3)16-21(26)5/h11-12,15-17,22H,7-10,13-14,18H2,1-6H3,(H,28,31).